The predicted molar refractivity (Wildman–Crippen MR) is 68.4 cm³/mol. The fourth-order valence-corrected chi connectivity index (χ4v) is 2.05. The summed E-state index contributed by atoms with van der Waals surface area (Å²) in [5.41, 5.74) is 0.810. The molecule has 0 bridgehead atoms. The Morgan fingerprint density at radius 1 is 0.850 bits per heavy atom. The first-order valence-corrected chi connectivity index (χ1v) is 6.01. The van der Waals surface area contributed by atoms with Crippen molar-refractivity contribution in [2.24, 2.45) is 0 Å². The average molecular weight is 283 g/mol. The number of benzene rings is 2. The second-order valence-corrected chi connectivity index (χ2v) is 4.52. The van der Waals surface area contributed by atoms with Gasteiger partial charge >= 0.3 is 0 Å². The first-order chi connectivity index (χ1) is 9.43. The highest BCUT2D eigenvalue weighted by atomic mass is 19.2. The van der Waals surface area contributed by atoms with E-state index in [1.54, 1.807) is 19.1 Å². The third-order valence-electron chi connectivity index (χ3n) is 3.17. The topological polar surface area (TPSA) is 12.0 Å². The van der Waals surface area contributed by atoms with Crippen molar-refractivity contribution in [1.29, 1.82) is 0 Å². The summed E-state index contributed by atoms with van der Waals surface area (Å²) in [4.78, 5) is 0. The van der Waals surface area contributed by atoms with Gasteiger partial charge in [0, 0.05) is 11.6 Å². The Labute approximate surface area is 114 Å². The fourth-order valence-electron chi connectivity index (χ4n) is 2.05. The van der Waals surface area contributed by atoms with Gasteiger partial charge < -0.3 is 5.32 Å². The summed E-state index contributed by atoms with van der Waals surface area (Å²) in [5.74, 6) is -3.72. The lowest BCUT2D eigenvalue weighted by Gasteiger charge is -2.18. The molecule has 1 atom stereocenters. The minimum Gasteiger partial charge on any atom is -0.309 e. The van der Waals surface area contributed by atoms with Crippen LogP contribution in [0, 0.1) is 30.2 Å². The van der Waals surface area contributed by atoms with E-state index in [0.29, 0.717) is 17.2 Å². The van der Waals surface area contributed by atoms with Crippen molar-refractivity contribution in [2.75, 3.05) is 7.05 Å². The first kappa shape index (κ1) is 14.5. The first-order valence-electron chi connectivity index (χ1n) is 6.01. The molecule has 0 amide bonds. The molecule has 0 aliphatic carbocycles. The Morgan fingerprint density at radius 3 is 2.10 bits per heavy atom. The number of hydrogen-bond acceptors (Lipinski definition) is 1. The summed E-state index contributed by atoms with van der Waals surface area (Å²) in [7, 11) is 1.53. The van der Waals surface area contributed by atoms with E-state index in [1.807, 2.05) is 0 Å². The third kappa shape index (κ3) is 2.67. The molecule has 0 heterocycles. The van der Waals surface area contributed by atoms with Crippen LogP contribution in [0.4, 0.5) is 17.6 Å². The monoisotopic (exact) mass is 283 g/mol. The molecule has 1 nitrogen and oxygen atoms in total. The van der Waals surface area contributed by atoms with Crippen LogP contribution in [0.25, 0.3) is 0 Å². The van der Waals surface area contributed by atoms with E-state index in [1.165, 1.54) is 13.1 Å². The Morgan fingerprint density at radius 2 is 1.50 bits per heavy atom. The summed E-state index contributed by atoms with van der Waals surface area (Å²) in [5, 5.41) is 2.77. The molecule has 106 valence electrons. The third-order valence-corrected chi connectivity index (χ3v) is 3.17. The largest absolute Gasteiger partial charge is 0.309 e. The zero-order chi connectivity index (χ0) is 14.9. The Bertz CT molecular complexity index is 640. The van der Waals surface area contributed by atoms with Crippen LogP contribution in [-0.2, 0) is 0 Å². The highest BCUT2D eigenvalue weighted by molar-refractivity contribution is 5.35. The van der Waals surface area contributed by atoms with E-state index in [9.17, 15) is 17.6 Å². The molecule has 0 saturated heterocycles. The summed E-state index contributed by atoms with van der Waals surface area (Å²) in [6.07, 6.45) is 0. The van der Waals surface area contributed by atoms with Crippen LogP contribution in [0.5, 0.6) is 0 Å². The molecule has 1 N–H and O–H groups in total. The second-order valence-electron chi connectivity index (χ2n) is 4.52. The van der Waals surface area contributed by atoms with Crippen LogP contribution in [0.3, 0.4) is 0 Å². The highest BCUT2D eigenvalue weighted by Crippen LogP contribution is 2.27. The minimum absolute atomic E-state index is 0.0744. The molecule has 0 fully saturated rings. The molecule has 0 spiro atoms. The molecular weight excluding hydrogens is 270 g/mol. The minimum atomic E-state index is -1.25. The van der Waals surface area contributed by atoms with Crippen LogP contribution >= 0.6 is 0 Å². The van der Waals surface area contributed by atoms with Crippen molar-refractivity contribution in [3.05, 3.63) is 70.3 Å². The molecular formula is C15H13F4N. The molecule has 20 heavy (non-hydrogen) atoms. The zero-order valence-corrected chi connectivity index (χ0v) is 11.0. The van der Waals surface area contributed by atoms with E-state index in [4.69, 9.17) is 0 Å². The van der Waals surface area contributed by atoms with Gasteiger partial charge in [0.1, 0.15) is 11.6 Å². The van der Waals surface area contributed by atoms with Crippen LogP contribution in [-0.4, -0.2) is 7.05 Å². The maximum Gasteiger partial charge on any atom is 0.161 e. The summed E-state index contributed by atoms with van der Waals surface area (Å²) in [6.45, 7) is 1.60. The molecule has 2 aromatic rings. The maximum absolute atomic E-state index is 13.8. The lowest BCUT2D eigenvalue weighted by Crippen LogP contribution is -2.19. The van der Waals surface area contributed by atoms with Crippen molar-refractivity contribution < 1.29 is 17.6 Å². The van der Waals surface area contributed by atoms with Gasteiger partial charge in [-0.25, -0.2) is 17.6 Å². The van der Waals surface area contributed by atoms with Crippen LogP contribution in [0.15, 0.2) is 30.3 Å². The molecule has 0 aliphatic rings. The van der Waals surface area contributed by atoms with Gasteiger partial charge in [0.15, 0.2) is 11.6 Å². The van der Waals surface area contributed by atoms with Crippen molar-refractivity contribution in [2.45, 2.75) is 13.0 Å². The summed E-state index contributed by atoms with van der Waals surface area (Å²) >= 11 is 0. The number of nitrogens with one attached hydrogen (secondary N) is 1. The number of rotatable bonds is 3. The standard InChI is InChI=1S/C15H13F4N/c1-8-3-4-9(5-11(8)16)15(20-2)10-6-13(18)14(19)7-12(10)17/h3-7,15,20H,1-2H3. The molecule has 0 aliphatic heterocycles. The van der Waals surface area contributed by atoms with Gasteiger partial charge in [-0.3, -0.25) is 0 Å². The van der Waals surface area contributed by atoms with E-state index < -0.39 is 29.3 Å². The van der Waals surface area contributed by atoms with Crippen molar-refractivity contribution in [3.63, 3.8) is 0 Å². The van der Waals surface area contributed by atoms with Crippen molar-refractivity contribution >= 4 is 0 Å². The quantitative estimate of drug-likeness (QED) is 0.666. The van der Waals surface area contributed by atoms with Gasteiger partial charge in [-0.1, -0.05) is 12.1 Å². The highest BCUT2D eigenvalue weighted by Gasteiger charge is 2.20. The normalized spacial score (nSPS) is 12.5. The molecule has 0 saturated carbocycles. The fraction of sp³-hybridized carbons (Fsp3) is 0.200. The van der Waals surface area contributed by atoms with Gasteiger partial charge in [0.05, 0.1) is 6.04 Å². The molecule has 1 unspecified atom stereocenters. The Balaban J connectivity index is 2.52. The summed E-state index contributed by atoms with van der Waals surface area (Å²) < 4.78 is 53.6. The van der Waals surface area contributed by atoms with Gasteiger partial charge in [-0.05, 0) is 37.2 Å². The smallest absolute Gasteiger partial charge is 0.161 e. The van der Waals surface area contributed by atoms with E-state index >= 15 is 0 Å². The molecule has 2 aromatic carbocycles. The predicted octanol–water partition coefficient (Wildman–Crippen LogP) is 3.86. The maximum atomic E-state index is 13.8. The van der Waals surface area contributed by atoms with E-state index in [2.05, 4.69) is 5.32 Å². The number of aryl methyl sites for hydroxylation is 1. The molecule has 5 heteroatoms. The van der Waals surface area contributed by atoms with Crippen LogP contribution in [0.1, 0.15) is 22.7 Å². The molecule has 0 aromatic heterocycles. The average Bonchev–Trinajstić information content (AvgIpc) is 2.40. The Kier molecular flexibility index (Phi) is 4.09. The van der Waals surface area contributed by atoms with Gasteiger partial charge in [-0.15, -0.1) is 0 Å². The van der Waals surface area contributed by atoms with E-state index in [0.717, 1.165) is 6.07 Å². The van der Waals surface area contributed by atoms with Gasteiger partial charge in [0.25, 0.3) is 0 Å². The lowest BCUT2D eigenvalue weighted by molar-refractivity contribution is 0.483. The lowest BCUT2D eigenvalue weighted by atomic mass is 9.97. The number of halogens is 4. The van der Waals surface area contributed by atoms with Crippen LogP contribution < -0.4 is 5.32 Å². The molecule has 0 radical (unpaired) electrons. The molecule has 2 rings (SSSR count). The van der Waals surface area contributed by atoms with Gasteiger partial charge in [0.2, 0.25) is 0 Å². The SMILES string of the molecule is CNC(c1ccc(C)c(F)c1)c1cc(F)c(F)cc1F. The number of hydrogen-bond donors (Lipinski definition) is 1. The Hall–Kier alpha value is -1.88. The second kappa shape index (κ2) is 5.63. The van der Waals surface area contributed by atoms with Crippen LogP contribution in [0.2, 0.25) is 0 Å². The van der Waals surface area contributed by atoms with E-state index in [-0.39, 0.29) is 5.56 Å². The van der Waals surface area contributed by atoms with Crippen molar-refractivity contribution in [3.8, 4) is 0 Å². The van der Waals surface area contributed by atoms with Gasteiger partial charge in [-0.2, -0.15) is 0 Å². The summed E-state index contributed by atoms with van der Waals surface area (Å²) in [6, 6.07) is 4.91. The van der Waals surface area contributed by atoms with Crippen molar-refractivity contribution in [1.82, 2.24) is 5.32 Å². The zero-order valence-electron chi connectivity index (χ0n) is 11.0.